The van der Waals surface area contributed by atoms with Crippen molar-refractivity contribution in [3.8, 4) is 0 Å². The Morgan fingerprint density at radius 1 is 0.328 bits per heavy atom. The number of allylic oxidation sites excluding steroid dienone is 4. The number of rotatable bonds is 46. The van der Waals surface area contributed by atoms with Gasteiger partial charge in [-0.2, -0.15) is 0 Å². The lowest BCUT2D eigenvalue weighted by Gasteiger charge is -2.18. The molecule has 0 bridgehead atoms. The van der Waals surface area contributed by atoms with Crippen molar-refractivity contribution in [2.24, 2.45) is 0 Å². The first-order valence-corrected chi connectivity index (χ1v) is 25.3. The Labute approximate surface area is 360 Å². The summed E-state index contributed by atoms with van der Waals surface area (Å²) >= 11 is 0. The van der Waals surface area contributed by atoms with Crippen molar-refractivity contribution in [1.82, 2.24) is 0 Å². The molecule has 58 heavy (non-hydrogen) atoms. The summed E-state index contributed by atoms with van der Waals surface area (Å²) in [4.78, 5) is 37.8. The monoisotopic (exact) mass is 817 g/mol. The predicted octanol–water partition coefficient (Wildman–Crippen LogP) is 16.4. The Morgan fingerprint density at radius 2 is 0.586 bits per heavy atom. The van der Waals surface area contributed by atoms with Gasteiger partial charge in [0.15, 0.2) is 6.10 Å². The molecule has 0 radical (unpaired) electrons. The van der Waals surface area contributed by atoms with Crippen LogP contribution in [0.1, 0.15) is 271 Å². The van der Waals surface area contributed by atoms with E-state index in [4.69, 9.17) is 14.2 Å². The van der Waals surface area contributed by atoms with Crippen LogP contribution >= 0.6 is 0 Å². The minimum absolute atomic E-state index is 0.0786. The van der Waals surface area contributed by atoms with E-state index in [0.717, 1.165) is 57.8 Å². The van der Waals surface area contributed by atoms with Gasteiger partial charge in [0.2, 0.25) is 0 Å². The van der Waals surface area contributed by atoms with E-state index in [2.05, 4.69) is 45.1 Å². The van der Waals surface area contributed by atoms with E-state index < -0.39 is 6.10 Å². The SMILES string of the molecule is CCCCCC/C=C\CCCC(=O)OCC(COC(=O)CCCCCCCCC/C=C\CCCCCCCC)OC(=O)CCCCCCCCCCCCCCCC. The van der Waals surface area contributed by atoms with Crippen molar-refractivity contribution < 1.29 is 28.6 Å². The zero-order chi connectivity index (χ0) is 42.3. The highest BCUT2D eigenvalue weighted by Crippen LogP contribution is 2.15. The molecule has 0 aliphatic rings. The summed E-state index contributed by atoms with van der Waals surface area (Å²) < 4.78 is 16.7. The smallest absolute Gasteiger partial charge is 0.306 e. The van der Waals surface area contributed by atoms with Gasteiger partial charge in [-0.15, -0.1) is 0 Å². The number of unbranched alkanes of at least 4 members (excludes halogenated alkanes) is 31. The second kappa shape index (κ2) is 47.6. The third-order valence-corrected chi connectivity index (χ3v) is 11.2. The number of esters is 3. The van der Waals surface area contributed by atoms with Crippen LogP contribution in [0.3, 0.4) is 0 Å². The molecule has 6 heteroatoms. The van der Waals surface area contributed by atoms with Crippen LogP contribution in [-0.2, 0) is 28.6 Å². The molecule has 6 nitrogen and oxygen atoms in total. The Balaban J connectivity index is 4.31. The highest BCUT2D eigenvalue weighted by atomic mass is 16.6. The zero-order valence-electron chi connectivity index (χ0n) is 38.8. The fraction of sp³-hybridized carbons (Fsp3) is 0.865. The van der Waals surface area contributed by atoms with E-state index in [-0.39, 0.29) is 31.1 Å². The maximum Gasteiger partial charge on any atom is 0.306 e. The molecular formula is C52H96O6. The molecule has 0 N–H and O–H groups in total. The van der Waals surface area contributed by atoms with Crippen molar-refractivity contribution >= 4 is 17.9 Å². The molecule has 0 aromatic carbocycles. The summed E-state index contributed by atoms with van der Waals surface area (Å²) in [6.45, 7) is 6.59. The molecule has 0 aliphatic carbocycles. The summed E-state index contributed by atoms with van der Waals surface area (Å²) in [5.74, 6) is -0.909. The summed E-state index contributed by atoms with van der Waals surface area (Å²) in [6.07, 6.45) is 53.1. The van der Waals surface area contributed by atoms with E-state index in [9.17, 15) is 14.4 Å². The van der Waals surface area contributed by atoms with E-state index in [1.54, 1.807) is 0 Å². The van der Waals surface area contributed by atoms with Crippen molar-refractivity contribution in [1.29, 1.82) is 0 Å². The molecule has 0 saturated carbocycles. The van der Waals surface area contributed by atoms with Gasteiger partial charge in [0.05, 0.1) is 0 Å². The summed E-state index contributed by atoms with van der Waals surface area (Å²) in [5.41, 5.74) is 0. The molecule has 0 saturated heterocycles. The standard InChI is InChI=1S/C52H96O6/c1-4-7-10-13-16-19-21-23-25-26-27-29-30-33-36-39-42-45-51(54)57-48-49(47-56-50(53)44-41-38-35-32-18-15-12-9-6-3)58-52(55)46-43-40-37-34-31-28-24-22-20-17-14-11-8-5-2/h23,25,32,35,49H,4-22,24,26-31,33-34,36-48H2,1-3H3/b25-23-,35-32-. The van der Waals surface area contributed by atoms with Gasteiger partial charge in [-0.05, 0) is 64.2 Å². The Hall–Kier alpha value is -2.11. The van der Waals surface area contributed by atoms with Gasteiger partial charge in [0, 0.05) is 19.3 Å². The van der Waals surface area contributed by atoms with Crippen molar-refractivity contribution in [3.05, 3.63) is 24.3 Å². The van der Waals surface area contributed by atoms with Crippen LogP contribution in [0.15, 0.2) is 24.3 Å². The van der Waals surface area contributed by atoms with E-state index >= 15 is 0 Å². The van der Waals surface area contributed by atoms with Gasteiger partial charge in [0.25, 0.3) is 0 Å². The number of carbonyl (C=O) groups is 3. The number of carbonyl (C=O) groups excluding carboxylic acids is 3. The van der Waals surface area contributed by atoms with Gasteiger partial charge in [-0.3, -0.25) is 14.4 Å². The highest BCUT2D eigenvalue weighted by molar-refractivity contribution is 5.71. The number of ether oxygens (including phenoxy) is 3. The lowest BCUT2D eigenvalue weighted by molar-refractivity contribution is -0.167. The highest BCUT2D eigenvalue weighted by Gasteiger charge is 2.19. The predicted molar refractivity (Wildman–Crippen MR) is 247 cm³/mol. The quantitative estimate of drug-likeness (QED) is 0.0263. The second-order valence-corrected chi connectivity index (χ2v) is 17.1. The minimum Gasteiger partial charge on any atom is -0.462 e. The molecule has 0 fully saturated rings. The first-order valence-electron chi connectivity index (χ1n) is 25.3. The third kappa shape index (κ3) is 45.0. The van der Waals surface area contributed by atoms with Crippen molar-refractivity contribution in [2.75, 3.05) is 13.2 Å². The summed E-state index contributed by atoms with van der Waals surface area (Å²) in [6, 6.07) is 0. The second-order valence-electron chi connectivity index (χ2n) is 17.1. The van der Waals surface area contributed by atoms with Crippen LogP contribution in [-0.4, -0.2) is 37.2 Å². The average molecular weight is 817 g/mol. The fourth-order valence-electron chi connectivity index (χ4n) is 7.32. The maximum atomic E-state index is 12.7. The lowest BCUT2D eigenvalue weighted by Crippen LogP contribution is -2.30. The first kappa shape index (κ1) is 55.9. The van der Waals surface area contributed by atoms with Gasteiger partial charge >= 0.3 is 17.9 Å². The van der Waals surface area contributed by atoms with Crippen LogP contribution in [0.2, 0.25) is 0 Å². The van der Waals surface area contributed by atoms with Crippen LogP contribution in [0.25, 0.3) is 0 Å². The van der Waals surface area contributed by atoms with Crippen LogP contribution in [0, 0.1) is 0 Å². The van der Waals surface area contributed by atoms with Crippen molar-refractivity contribution in [2.45, 2.75) is 277 Å². The van der Waals surface area contributed by atoms with E-state index in [1.807, 2.05) is 0 Å². The Bertz CT molecular complexity index is 942. The largest absolute Gasteiger partial charge is 0.462 e. The molecule has 0 aromatic heterocycles. The molecule has 0 amide bonds. The van der Waals surface area contributed by atoms with Crippen LogP contribution in [0.5, 0.6) is 0 Å². The van der Waals surface area contributed by atoms with Gasteiger partial charge in [-0.1, -0.05) is 212 Å². The first-order chi connectivity index (χ1) is 28.5. The fourth-order valence-corrected chi connectivity index (χ4v) is 7.32. The lowest BCUT2D eigenvalue weighted by atomic mass is 10.0. The molecule has 1 atom stereocenters. The zero-order valence-corrected chi connectivity index (χ0v) is 38.8. The topological polar surface area (TPSA) is 78.9 Å². The van der Waals surface area contributed by atoms with E-state index in [0.29, 0.717) is 19.3 Å². The van der Waals surface area contributed by atoms with Gasteiger partial charge in [0.1, 0.15) is 13.2 Å². The van der Waals surface area contributed by atoms with Crippen LogP contribution < -0.4 is 0 Å². The molecule has 1 unspecified atom stereocenters. The van der Waals surface area contributed by atoms with Gasteiger partial charge < -0.3 is 14.2 Å². The van der Waals surface area contributed by atoms with Crippen molar-refractivity contribution in [3.63, 3.8) is 0 Å². The molecule has 0 spiro atoms. The Kier molecular flexibility index (Phi) is 45.8. The molecule has 0 aliphatic heterocycles. The van der Waals surface area contributed by atoms with Crippen LogP contribution in [0.4, 0.5) is 0 Å². The molecule has 340 valence electrons. The summed E-state index contributed by atoms with van der Waals surface area (Å²) in [7, 11) is 0. The third-order valence-electron chi connectivity index (χ3n) is 11.2. The Morgan fingerprint density at radius 3 is 0.948 bits per heavy atom. The molecule has 0 rings (SSSR count). The molecular weight excluding hydrogens is 721 g/mol. The molecule has 0 heterocycles. The number of hydrogen-bond acceptors (Lipinski definition) is 6. The minimum atomic E-state index is -0.777. The summed E-state index contributed by atoms with van der Waals surface area (Å²) in [5, 5.41) is 0. The number of hydrogen-bond donors (Lipinski definition) is 0. The molecule has 0 aromatic rings. The normalized spacial score (nSPS) is 12.1. The maximum absolute atomic E-state index is 12.7. The average Bonchev–Trinajstić information content (AvgIpc) is 3.22. The van der Waals surface area contributed by atoms with Gasteiger partial charge in [-0.25, -0.2) is 0 Å². The van der Waals surface area contributed by atoms with E-state index in [1.165, 1.54) is 173 Å².